The molecule has 5 nitrogen and oxygen atoms in total. The van der Waals surface area contributed by atoms with E-state index in [0.29, 0.717) is 0 Å². The number of ether oxygens (including phenoxy) is 2. The van der Waals surface area contributed by atoms with Gasteiger partial charge in [0.2, 0.25) is 0 Å². The number of anilines is 1. The highest BCUT2D eigenvalue weighted by Gasteiger charge is 2.23. The lowest BCUT2D eigenvalue weighted by Crippen LogP contribution is -2.19. The Labute approximate surface area is 157 Å². The second kappa shape index (κ2) is 6.76. The Morgan fingerprint density at radius 3 is 2.69 bits per heavy atom. The van der Waals surface area contributed by atoms with E-state index in [1.807, 2.05) is 30.4 Å². The zero-order valence-corrected chi connectivity index (χ0v) is 16.4. The summed E-state index contributed by atoms with van der Waals surface area (Å²) in [7, 11) is 5.41. The molecule has 136 valence electrons. The van der Waals surface area contributed by atoms with E-state index in [9.17, 15) is 0 Å². The number of methoxy groups -OCH3 is 2. The number of fused-ring (bicyclic) bond motifs is 3. The molecule has 4 rings (SSSR count). The van der Waals surface area contributed by atoms with Crippen LogP contribution >= 0.6 is 11.3 Å². The highest BCUT2D eigenvalue weighted by molar-refractivity contribution is 7.19. The molecule has 0 spiro atoms. The van der Waals surface area contributed by atoms with Crippen LogP contribution < -0.4 is 14.4 Å². The van der Waals surface area contributed by atoms with E-state index in [1.54, 1.807) is 14.2 Å². The van der Waals surface area contributed by atoms with Gasteiger partial charge in [0.05, 0.1) is 19.6 Å². The second-order valence-electron chi connectivity index (χ2n) is 6.68. The molecular weight excluding hydrogens is 346 g/mol. The summed E-state index contributed by atoms with van der Waals surface area (Å²) >= 11 is 1.84. The molecule has 0 amide bonds. The first kappa shape index (κ1) is 17.1. The highest BCUT2D eigenvalue weighted by Crippen LogP contribution is 2.40. The molecule has 1 aliphatic rings. The first-order valence-corrected chi connectivity index (χ1v) is 9.63. The summed E-state index contributed by atoms with van der Waals surface area (Å²) < 4.78 is 10.8. The third kappa shape index (κ3) is 2.88. The van der Waals surface area contributed by atoms with Crippen molar-refractivity contribution < 1.29 is 9.47 Å². The summed E-state index contributed by atoms with van der Waals surface area (Å²) in [6.45, 7) is 2.72. The molecular formula is C20H23N3O2S. The molecule has 1 aromatic carbocycles. The minimum atomic E-state index is 0.745. The molecule has 0 N–H and O–H groups in total. The van der Waals surface area contributed by atoms with Gasteiger partial charge in [-0.05, 0) is 49.4 Å². The summed E-state index contributed by atoms with van der Waals surface area (Å²) in [6, 6.07) is 6.05. The third-order valence-electron chi connectivity index (χ3n) is 4.89. The summed E-state index contributed by atoms with van der Waals surface area (Å²) in [6.07, 6.45) is 3.55. The van der Waals surface area contributed by atoms with Gasteiger partial charge in [-0.15, -0.1) is 11.3 Å². The molecule has 0 aliphatic heterocycles. The van der Waals surface area contributed by atoms with Crippen LogP contribution in [0.25, 0.3) is 10.2 Å². The fourth-order valence-corrected chi connectivity index (χ4v) is 4.99. The molecule has 2 aromatic heterocycles. The van der Waals surface area contributed by atoms with Crippen molar-refractivity contribution >= 4 is 27.4 Å². The van der Waals surface area contributed by atoms with Crippen molar-refractivity contribution in [1.82, 2.24) is 9.97 Å². The molecule has 6 heteroatoms. The SMILES string of the molecule is COc1ccc(CN(C)c2nc(C)nc3sc4c(c23)CCC4)cc1OC. The second-order valence-corrected chi connectivity index (χ2v) is 7.76. The van der Waals surface area contributed by atoms with Crippen molar-refractivity contribution in [3.63, 3.8) is 0 Å². The van der Waals surface area contributed by atoms with Crippen LogP contribution in [0.4, 0.5) is 5.82 Å². The number of hydrogen-bond donors (Lipinski definition) is 0. The Morgan fingerprint density at radius 2 is 1.92 bits per heavy atom. The average Bonchev–Trinajstić information content (AvgIpc) is 3.21. The normalized spacial score (nSPS) is 13.1. The maximum Gasteiger partial charge on any atom is 0.161 e. The van der Waals surface area contributed by atoms with Crippen LogP contribution in [-0.2, 0) is 19.4 Å². The lowest BCUT2D eigenvalue weighted by molar-refractivity contribution is 0.354. The first-order valence-electron chi connectivity index (χ1n) is 8.81. The summed E-state index contributed by atoms with van der Waals surface area (Å²) in [5.41, 5.74) is 2.61. The number of thiophene rings is 1. The minimum Gasteiger partial charge on any atom is -0.493 e. The van der Waals surface area contributed by atoms with E-state index in [0.717, 1.165) is 46.5 Å². The highest BCUT2D eigenvalue weighted by atomic mass is 32.1. The van der Waals surface area contributed by atoms with Crippen molar-refractivity contribution in [3.05, 3.63) is 40.0 Å². The number of benzene rings is 1. The van der Waals surface area contributed by atoms with Crippen LogP contribution in [-0.4, -0.2) is 31.2 Å². The number of aromatic nitrogens is 2. The van der Waals surface area contributed by atoms with Crippen LogP contribution in [0.5, 0.6) is 11.5 Å². The summed E-state index contributed by atoms with van der Waals surface area (Å²) in [5.74, 6) is 3.35. The molecule has 0 atom stereocenters. The molecule has 3 aromatic rings. The Morgan fingerprint density at radius 1 is 1.12 bits per heavy atom. The van der Waals surface area contributed by atoms with Gasteiger partial charge in [0.15, 0.2) is 11.5 Å². The molecule has 26 heavy (non-hydrogen) atoms. The standard InChI is InChI=1S/C20H23N3O2S/c1-12-21-19(18-14-6-5-7-17(14)26-20(18)22-12)23(2)11-13-8-9-15(24-3)16(10-13)25-4/h8-10H,5-7,11H2,1-4H3. The van der Waals surface area contributed by atoms with Gasteiger partial charge in [0, 0.05) is 18.5 Å². The van der Waals surface area contributed by atoms with Gasteiger partial charge in [-0.25, -0.2) is 9.97 Å². The Balaban J connectivity index is 1.71. The maximum absolute atomic E-state index is 5.43. The fraction of sp³-hybridized carbons (Fsp3) is 0.400. The van der Waals surface area contributed by atoms with Gasteiger partial charge in [0.1, 0.15) is 16.5 Å². The van der Waals surface area contributed by atoms with E-state index in [1.165, 1.54) is 28.7 Å². The van der Waals surface area contributed by atoms with Crippen molar-refractivity contribution in [1.29, 1.82) is 0 Å². The van der Waals surface area contributed by atoms with Gasteiger partial charge in [-0.2, -0.15) is 0 Å². The zero-order chi connectivity index (χ0) is 18.3. The lowest BCUT2D eigenvalue weighted by Gasteiger charge is -2.21. The van der Waals surface area contributed by atoms with E-state index >= 15 is 0 Å². The Bertz CT molecular complexity index is 967. The van der Waals surface area contributed by atoms with Crippen LogP contribution in [0.3, 0.4) is 0 Å². The quantitative estimate of drug-likeness (QED) is 0.676. The van der Waals surface area contributed by atoms with E-state index in [4.69, 9.17) is 14.5 Å². The molecule has 0 unspecified atom stereocenters. The molecule has 0 fully saturated rings. The van der Waals surface area contributed by atoms with Crippen LogP contribution in [0, 0.1) is 6.92 Å². The molecule has 0 radical (unpaired) electrons. The van der Waals surface area contributed by atoms with Crippen molar-refractivity contribution in [2.24, 2.45) is 0 Å². The predicted octanol–water partition coefficient (Wildman–Crippen LogP) is 4.14. The van der Waals surface area contributed by atoms with Gasteiger partial charge < -0.3 is 14.4 Å². The molecule has 2 heterocycles. The van der Waals surface area contributed by atoms with Crippen LogP contribution in [0.1, 0.15) is 28.2 Å². The predicted molar refractivity (Wildman–Crippen MR) is 106 cm³/mol. The Kier molecular flexibility index (Phi) is 4.44. The third-order valence-corrected chi connectivity index (χ3v) is 6.07. The molecule has 1 aliphatic carbocycles. The minimum absolute atomic E-state index is 0.745. The van der Waals surface area contributed by atoms with Crippen molar-refractivity contribution in [2.45, 2.75) is 32.7 Å². The number of nitrogens with zero attached hydrogens (tertiary/aromatic N) is 3. The molecule has 0 bridgehead atoms. The van der Waals surface area contributed by atoms with Crippen LogP contribution in [0.15, 0.2) is 18.2 Å². The maximum atomic E-state index is 5.43. The average molecular weight is 369 g/mol. The molecule has 0 saturated carbocycles. The van der Waals surface area contributed by atoms with E-state index in [2.05, 4.69) is 23.0 Å². The fourth-order valence-electron chi connectivity index (χ4n) is 3.68. The number of rotatable bonds is 5. The zero-order valence-electron chi connectivity index (χ0n) is 15.6. The van der Waals surface area contributed by atoms with E-state index < -0.39 is 0 Å². The Hall–Kier alpha value is -2.34. The van der Waals surface area contributed by atoms with Gasteiger partial charge in [0.25, 0.3) is 0 Å². The van der Waals surface area contributed by atoms with Gasteiger partial charge in [-0.3, -0.25) is 0 Å². The smallest absolute Gasteiger partial charge is 0.161 e. The largest absolute Gasteiger partial charge is 0.493 e. The summed E-state index contributed by atoms with van der Waals surface area (Å²) in [5, 5.41) is 1.25. The van der Waals surface area contributed by atoms with Crippen molar-refractivity contribution in [3.8, 4) is 11.5 Å². The van der Waals surface area contributed by atoms with Crippen LogP contribution in [0.2, 0.25) is 0 Å². The topological polar surface area (TPSA) is 47.5 Å². The molecule has 0 saturated heterocycles. The van der Waals surface area contributed by atoms with Gasteiger partial charge >= 0.3 is 0 Å². The lowest BCUT2D eigenvalue weighted by atomic mass is 10.1. The monoisotopic (exact) mass is 369 g/mol. The number of aryl methyl sites for hydroxylation is 3. The first-order chi connectivity index (χ1) is 12.6. The van der Waals surface area contributed by atoms with Gasteiger partial charge in [-0.1, -0.05) is 6.07 Å². The number of hydrogen-bond acceptors (Lipinski definition) is 6. The van der Waals surface area contributed by atoms with Crippen molar-refractivity contribution in [2.75, 3.05) is 26.2 Å². The van der Waals surface area contributed by atoms with E-state index in [-0.39, 0.29) is 0 Å². The summed E-state index contributed by atoms with van der Waals surface area (Å²) in [4.78, 5) is 14.3.